The molecule has 0 amide bonds. The molecule has 3 aromatic rings. The Kier molecular flexibility index (Phi) is 3.21. The van der Waals surface area contributed by atoms with Crippen LogP contribution >= 0.6 is 11.6 Å². The standard InChI is InChI=1S/C15H10ClNO2/c16-12-3-7-14(8-4-12)19-13-5-1-11(2-6-13)15-9-10-18-17-15/h1-10H. The van der Waals surface area contributed by atoms with Crippen molar-refractivity contribution in [2.24, 2.45) is 0 Å². The normalized spacial score (nSPS) is 10.4. The molecule has 0 fully saturated rings. The molecular formula is C15H10ClNO2. The van der Waals surface area contributed by atoms with E-state index in [0.29, 0.717) is 5.02 Å². The van der Waals surface area contributed by atoms with Gasteiger partial charge in [-0.1, -0.05) is 16.8 Å². The van der Waals surface area contributed by atoms with Gasteiger partial charge in [0, 0.05) is 16.7 Å². The quantitative estimate of drug-likeness (QED) is 0.687. The predicted octanol–water partition coefficient (Wildman–Crippen LogP) is 4.79. The summed E-state index contributed by atoms with van der Waals surface area (Å²) in [5.74, 6) is 1.51. The number of hydrogen-bond acceptors (Lipinski definition) is 3. The molecule has 0 bridgehead atoms. The average Bonchev–Trinajstić information content (AvgIpc) is 2.96. The minimum absolute atomic E-state index is 0.689. The molecule has 0 aliphatic rings. The Morgan fingerprint density at radius 2 is 1.47 bits per heavy atom. The van der Waals surface area contributed by atoms with Crippen LogP contribution in [-0.4, -0.2) is 5.16 Å². The van der Waals surface area contributed by atoms with Crippen molar-refractivity contribution >= 4 is 11.6 Å². The van der Waals surface area contributed by atoms with Gasteiger partial charge in [-0.05, 0) is 48.5 Å². The van der Waals surface area contributed by atoms with E-state index in [1.165, 1.54) is 0 Å². The lowest BCUT2D eigenvalue weighted by atomic mass is 10.1. The molecule has 0 aliphatic carbocycles. The number of halogens is 1. The van der Waals surface area contributed by atoms with E-state index in [9.17, 15) is 0 Å². The average molecular weight is 272 g/mol. The smallest absolute Gasteiger partial charge is 0.127 e. The van der Waals surface area contributed by atoms with Gasteiger partial charge < -0.3 is 9.26 Å². The molecule has 0 aliphatic heterocycles. The lowest BCUT2D eigenvalue weighted by Gasteiger charge is -2.06. The Labute approximate surface area is 115 Å². The zero-order valence-electron chi connectivity index (χ0n) is 9.92. The summed E-state index contributed by atoms with van der Waals surface area (Å²) in [5, 5.41) is 4.57. The van der Waals surface area contributed by atoms with E-state index in [2.05, 4.69) is 5.16 Å². The van der Waals surface area contributed by atoms with Crippen LogP contribution in [-0.2, 0) is 0 Å². The molecule has 0 spiro atoms. The van der Waals surface area contributed by atoms with Crippen LogP contribution in [0.5, 0.6) is 11.5 Å². The third-order valence-corrected chi connectivity index (χ3v) is 2.89. The van der Waals surface area contributed by atoms with E-state index in [4.69, 9.17) is 20.9 Å². The summed E-state index contributed by atoms with van der Waals surface area (Å²) in [4.78, 5) is 0. The Hall–Kier alpha value is -2.26. The molecule has 19 heavy (non-hydrogen) atoms. The highest BCUT2D eigenvalue weighted by Gasteiger charge is 2.02. The largest absolute Gasteiger partial charge is 0.457 e. The first-order valence-corrected chi connectivity index (χ1v) is 6.13. The molecule has 1 heterocycles. The number of benzene rings is 2. The van der Waals surface area contributed by atoms with Crippen molar-refractivity contribution < 1.29 is 9.26 Å². The van der Waals surface area contributed by atoms with Crippen molar-refractivity contribution in [3.05, 3.63) is 65.9 Å². The molecule has 0 unspecified atom stereocenters. The van der Waals surface area contributed by atoms with Gasteiger partial charge in [0.2, 0.25) is 0 Å². The number of aromatic nitrogens is 1. The van der Waals surface area contributed by atoms with Crippen molar-refractivity contribution in [1.29, 1.82) is 0 Å². The van der Waals surface area contributed by atoms with Crippen LogP contribution in [0.15, 0.2) is 65.4 Å². The highest BCUT2D eigenvalue weighted by atomic mass is 35.5. The van der Waals surface area contributed by atoms with Gasteiger partial charge in [-0.2, -0.15) is 0 Å². The maximum absolute atomic E-state index is 5.82. The third kappa shape index (κ3) is 2.77. The maximum atomic E-state index is 5.82. The number of ether oxygens (including phenoxy) is 1. The van der Waals surface area contributed by atoms with Crippen molar-refractivity contribution in [3.8, 4) is 22.8 Å². The highest BCUT2D eigenvalue weighted by molar-refractivity contribution is 6.30. The molecule has 0 N–H and O–H groups in total. The third-order valence-electron chi connectivity index (χ3n) is 2.64. The Balaban J connectivity index is 1.77. The van der Waals surface area contributed by atoms with Gasteiger partial charge >= 0.3 is 0 Å². The highest BCUT2D eigenvalue weighted by Crippen LogP contribution is 2.25. The summed E-state index contributed by atoms with van der Waals surface area (Å²) in [7, 11) is 0. The fraction of sp³-hybridized carbons (Fsp3) is 0. The second-order valence-corrected chi connectivity index (χ2v) is 4.40. The summed E-state index contributed by atoms with van der Waals surface area (Å²) >= 11 is 5.82. The van der Waals surface area contributed by atoms with Gasteiger partial charge in [-0.15, -0.1) is 0 Å². The molecule has 0 atom stereocenters. The van der Waals surface area contributed by atoms with Gasteiger partial charge in [0.1, 0.15) is 23.5 Å². The first-order valence-electron chi connectivity index (χ1n) is 5.75. The molecule has 0 saturated heterocycles. The van der Waals surface area contributed by atoms with Crippen LogP contribution < -0.4 is 4.74 Å². The summed E-state index contributed by atoms with van der Waals surface area (Å²) in [6.07, 6.45) is 1.55. The van der Waals surface area contributed by atoms with Crippen molar-refractivity contribution in [2.75, 3.05) is 0 Å². The van der Waals surface area contributed by atoms with Crippen LogP contribution in [0.4, 0.5) is 0 Å². The van der Waals surface area contributed by atoms with E-state index in [1.807, 2.05) is 42.5 Å². The summed E-state index contributed by atoms with van der Waals surface area (Å²) in [5.41, 5.74) is 1.79. The van der Waals surface area contributed by atoms with Crippen LogP contribution in [0.25, 0.3) is 11.3 Å². The first kappa shape index (κ1) is 11.8. The molecule has 1 aromatic heterocycles. The van der Waals surface area contributed by atoms with E-state index in [1.54, 1.807) is 18.4 Å². The second-order valence-electron chi connectivity index (χ2n) is 3.97. The van der Waals surface area contributed by atoms with E-state index in [0.717, 1.165) is 22.8 Å². The molecule has 0 radical (unpaired) electrons. The summed E-state index contributed by atoms with van der Waals surface area (Å²) in [6, 6.07) is 16.7. The van der Waals surface area contributed by atoms with Gasteiger partial charge in [-0.3, -0.25) is 0 Å². The zero-order chi connectivity index (χ0) is 13.1. The van der Waals surface area contributed by atoms with Crippen LogP contribution in [0, 0.1) is 0 Å². The van der Waals surface area contributed by atoms with E-state index in [-0.39, 0.29) is 0 Å². The van der Waals surface area contributed by atoms with Gasteiger partial charge in [0.15, 0.2) is 0 Å². The molecule has 3 rings (SSSR count). The predicted molar refractivity (Wildman–Crippen MR) is 73.5 cm³/mol. The first-order chi connectivity index (χ1) is 9.31. The maximum Gasteiger partial charge on any atom is 0.127 e. The Morgan fingerprint density at radius 3 is 2.05 bits per heavy atom. The molecule has 0 saturated carbocycles. The molecule has 4 heteroatoms. The fourth-order valence-corrected chi connectivity index (χ4v) is 1.82. The van der Waals surface area contributed by atoms with E-state index >= 15 is 0 Å². The van der Waals surface area contributed by atoms with Crippen LogP contribution in [0.2, 0.25) is 5.02 Å². The number of nitrogens with zero attached hydrogens (tertiary/aromatic N) is 1. The summed E-state index contributed by atoms with van der Waals surface area (Å²) < 4.78 is 10.5. The molecule has 94 valence electrons. The lowest BCUT2D eigenvalue weighted by molar-refractivity contribution is 0.422. The summed E-state index contributed by atoms with van der Waals surface area (Å²) in [6.45, 7) is 0. The Bertz CT molecular complexity index is 646. The number of hydrogen-bond donors (Lipinski definition) is 0. The Morgan fingerprint density at radius 1 is 0.842 bits per heavy atom. The molecule has 2 aromatic carbocycles. The second kappa shape index (κ2) is 5.16. The topological polar surface area (TPSA) is 35.3 Å². The van der Waals surface area contributed by atoms with Crippen molar-refractivity contribution in [3.63, 3.8) is 0 Å². The molecule has 3 nitrogen and oxygen atoms in total. The van der Waals surface area contributed by atoms with E-state index < -0.39 is 0 Å². The minimum atomic E-state index is 0.689. The monoisotopic (exact) mass is 271 g/mol. The molecular weight excluding hydrogens is 262 g/mol. The van der Waals surface area contributed by atoms with Gasteiger partial charge in [0.25, 0.3) is 0 Å². The number of rotatable bonds is 3. The van der Waals surface area contributed by atoms with Gasteiger partial charge in [0.05, 0.1) is 0 Å². The zero-order valence-corrected chi connectivity index (χ0v) is 10.7. The lowest BCUT2D eigenvalue weighted by Crippen LogP contribution is -1.84. The van der Waals surface area contributed by atoms with Gasteiger partial charge in [-0.25, -0.2) is 0 Å². The SMILES string of the molecule is Clc1ccc(Oc2ccc(-c3ccon3)cc2)cc1. The van der Waals surface area contributed by atoms with Crippen molar-refractivity contribution in [2.45, 2.75) is 0 Å². The minimum Gasteiger partial charge on any atom is -0.457 e. The van der Waals surface area contributed by atoms with Crippen molar-refractivity contribution in [1.82, 2.24) is 5.16 Å². The fourth-order valence-electron chi connectivity index (χ4n) is 1.69. The van der Waals surface area contributed by atoms with Crippen LogP contribution in [0.1, 0.15) is 0 Å². The van der Waals surface area contributed by atoms with Crippen LogP contribution in [0.3, 0.4) is 0 Å².